The van der Waals surface area contributed by atoms with E-state index >= 15 is 0 Å². The highest BCUT2D eigenvalue weighted by molar-refractivity contribution is 9.11. The molecule has 1 saturated carbocycles. The maximum Gasteiger partial charge on any atom is 0.282 e. The maximum atomic E-state index is 13.5. The topological polar surface area (TPSA) is 56.5 Å². The largest absolute Gasteiger partial charge is 0.487 e. The minimum atomic E-state index is -0.176. The molecule has 1 aromatic heterocycles. The van der Waals surface area contributed by atoms with Crippen LogP contribution in [0.15, 0.2) is 77.9 Å². The Morgan fingerprint density at radius 3 is 2.59 bits per heavy atom. The summed E-state index contributed by atoms with van der Waals surface area (Å²) in [6.07, 6.45) is 7.10. The van der Waals surface area contributed by atoms with Gasteiger partial charge in [0, 0.05) is 31.0 Å². The average Bonchev–Trinajstić information content (AvgIpc) is 2.89. The van der Waals surface area contributed by atoms with Crippen LogP contribution in [-0.4, -0.2) is 15.9 Å². The zero-order chi connectivity index (χ0) is 25.9. The van der Waals surface area contributed by atoms with E-state index in [-0.39, 0.29) is 11.5 Å². The first-order valence-electron chi connectivity index (χ1n) is 12.0. The second kappa shape index (κ2) is 11.8. The first-order chi connectivity index (χ1) is 17.9. The number of para-hydroxylation sites is 1. The molecule has 190 valence electrons. The Hall–Kier alpha value is -2.00. The van der Waals surface area contributed by atoms with Gasteiger partial charge in [0.2, 0.25) is 0 Å². The molecule has 1 aliphatic carbocycles. The van der Waals surface area contributed by atoms with Crippen molar-refractivity contribution < 1.29 is 4.74 Å². The highest BCUT2D eigenvalue weighted by Crippen LogP contribution is 2.34. The van der Waals surface area contributed by atoms with Crippen LogP contribution in [-0.2, 0) is 6.61 Å². The van der Waals surface area contributed by atoms with E-state index in [1.54, 1.807) is 24.4 Å². The van der Waals surface area contributed by atoms with Crippen molar-refractivity contribution in [3.05, 3.63) is 100 Å². The number of rotatable bonds is 6. The summed E-state index contributed by atoms with van der Waals surface area (Å²) in [5, 5.41) is 5.74. The summed E-state index contributed by atoms with van der Waals surface area (Å²) in [4.78, 5) is 18.4. The molecule has 1 aliphatic rings. The van der Waals surface area contributed by atoms with Gasteiger partial charge in [-0.25, -0.2) is 4.98 Å². The zero-order valence-corrected chi connectivity index (χ0v) is 25.3. The van der Waals surface area contributed by atoms with E-state index in [2.05, 4.69) is 52.9 Å². The van der Waals surface area contributed by atoms with E-state index in [4.69, 9.17) is 21.3 Å². The van der Waals surface area contributed by atoms with E-state index < -0.39 is 0 Å². The number of hydrogen-bond acceptors (Lipinski definition) is 4. The molecule has 1 heterocycles. The number of nitrogens with zero attached hydrogens (tertiary/aromatic N) is 3. The highest BCUT2D eigenvalue weighted by Gasteiger charge is 2.22. The van der Waals surface area contributed by atoms with Crippen LogP contribution in [0.25, 0.3) is 10.9 Å². The molecule has 5 nitrogen and oxygen atoms in total. The molecule has 3 aromatic carbocycles. The first kappa shape index (κ1) is 26.6. The molecular formula is C28H23Br3ClN3O2. The number of fused-ring (bicyclic) bond motifs is 1. The van der Waals surface area contributed by atoms with E-state index in [1.165, 1.54) is 11.1 Å². The third-order valence-electron chi connectivity index (χ3n) is 6.49. The molecule has 37 heavy (non-hydrogen) atoms. The minimum absolute atomic E-state index is 0.176. The van der Waals surface area contributed by atoms with Crippen LogP contribution >= 0.6 is 59.4 Å². The van der Waals surface area contributed by atoms with Crippen molar-refractivity contribution in [2.45, 2.75) is 44.6 Å². The normalized spacial score (nSPS) is 14.5. The fourth-order valence-corrected chi connectivity index (χ4v) is 6.72. The van der Waals surface area contributed by atoms with Gasteiger partial charge in [-0.3, -0.25) is 4.79 Å². The number of hydrogen-bond donors (Lipinski definition) is 0. The molecule has 0 unspecified atom stereocenters. The van der Waals surface area contributed by atoms with E-state index in [0.717, 1.165) is 40.2 Å². The fourth-order valence-electron chi connectivity index (χ4n) is 4.61. The molecular weight excluding hydrogens is 685 g/mol. The lowest BCUT2D eigenvalue weighted by molar-refractivity contribution is 0.303. The van der Waals surface area contributed by atoms with E-state index in [9.17, 15) is 4.79 Å². The van der Waals surface area contributed by atoms with Gasteiger partial charge in [0.05, 0.1) is 21.6 Å². The highest BCUT2D eigenvalue weighted by atomic mass is 79.9. The van der Waals surface area contributed by atoms with Crippen LogP contribution in [0.4, 0.5) is 0 Å². The Kier molecular flexibility index (Phi) is 8.49. The van der Waals surface area contributed by atoms with Crippen molar-refractivity contribution in [1.29, 1.82) is 0 Å². The first-order valence-corrected chi connectivity index (χ1v) is 14.8. The summed E-state index contributed by atoms with van der Waals surface area (Å²) < 4.78 is 10.3. The van der Waals surface area contributed by atoms with Gasteiger partial charge in [-0.2, -0.15) is 9.78 Å². The molecule has 5 rings (SSSR count). The molecule has 1 fully saturated rings. The molecule has 0 radical (unpaired) electrons. The van der Waals surface area contributed by atoms with Gasteiger partial charge in [0.1, 0.15) is 18.2 Å². The van der Waals surface area contributed by atoms with Crippen LogP contribution in [0.1, 0.15) is 55.0 Å². The number of benzene rings is 3. The second-order valence-electron chi connectivity index (χ2n) is 9.01. The Morgan fingerprint density at radius 2 is 1.81 bits per heavy atom. The third kappa shape index (κ3) is 6.03. The summed E-state index contributed by atoms with van der Waals surface area (Å²) >= 11 is 17.0. The van der Waals surface area contributed by atoms with Crippen LogP contribution < -0.4 is 10.3 Å². The van der Waals surface area contributed by atoms with Gasteiger partial charge in [0.15, 0.2) is 0 Å². The Labute approximate surface area is 245 Å². The maximum absolute atomic E-state index is 13.5. The van der Waals surface area contributed by atoms with Crippen LogP contribution in [0.3, 0.4) is 0 Å². The quantitative estimate of drug-likeness (QED) is 0.188. The lowest BCUT2D eigenvalue weighted by Crippen LogP contribution is -2.25. The zero-order valence-electron chi connectivity index (χ0n) is 19.8. The van der Waals surface area contributed by atoms with Crippen molar-refractivity contribution in [1.82, 2.24) is 9.66 Å². The van der Waals surface area contributed by atoms with Crippen molar-refractivity contribution >= 4 is 76.5 Å². The molecule has 0 bridgehead atoms. The van der Waals surface area contributed by atoms with Gasteiger partial charge in [-0.05, 0) is 65.2 Å². The average molecular weight is 709 g/mol. The predicted octanol–water partition coefficient (Wildman–Crippen LogP) is 8.85. The molecule has 0 spiro atoms. The fraction of sp³-hybridized carbons (Fsp3) is 0.250. The summed E-state index contributed by atoms with van der Waals surface area (Å²) in [6, 6.07) is 16.9. The van der Waals surface area contributed by atoms with Gasteiger partial charge < -0.3 is 4.74 Å². The number of aromatic nitrogens is 2. The Balaban J connectivity index is 1.55. The third-order valence-corrected chi connectivity index (χ3v) is 8.52. The van der Waals surface area contributed by atoms with Crippen molar-refractivity contribution in [3.63, 3.8) is 0 Å². The second-order valence-corrected chi connectivity index (χ2v) is 12.1. The van der Waals surface area contributed by atoms with E-state index in [0.29, 0.717) is 44.1 Å². The van der Waals surface area contributed by atoms with Crippen molar-refractivity contribution in [3.8, 4) is 5.75 Å². The molecule has 0 aliphatic heterocycles. The predicted molar refractivity (Wildman–Crippen MR) is 160 cm³/mol. The molecule has 0 amide bonds. The van der Waals surface area contributed by atoms with Gasteiger partial charge in [0.25, 0.3) is 5.56 Å². The SMILES string of the molecule is O=c1c2ccccc2nc(C2CCCCC2)n1N=Cc1cc(Cl)cc(Br)c1OCc1ccc(Br)cc1Br. The van der Waals surface area contributed by atoms with Crippen LogP contribution in [0.5, 0.6) is 5.75 Å². The molecule has 0 saturated heterocycles. The Bertz CT molecular complexity index is 1550. The Morgan fingerprint density at radius 1 is 1.03 bits per heavy atom. The van der Waals surface area contributed by atoms with Crippen LogP contribution in [0, 0.1) is 0 Å². The lowest BCUT2D eigenvalue weighted by atomic mass is 9.88. The van der Waals surface area contributed by atoms with Crippen molar-refractivity contribution in [2.75, 3.05) is 0 Å². The molecule has 0 N–H and O–H groups in total. The van der Waals surface area contributed by atoms with E-state index in [1.807, 2.05) is 36.4 Å². The van der Waals surface area contributed by atoms with Crippen LogP contribution in [0.2, 0.25) is 5.02 Å². The lowest BCUT2D eigenvalue weighted by Gasteiger charge is -2.22. The number of halogens is 4. The summed E-state index contributed by atoms with van der Waals surface area (Å²) in [5.41, 5.74) is 2.17. The molecule has 9 heteroatoms. The monoisotopic (exact) mass is 705 g/mol. The van der Waals surface area contributed by atoms with Crippen molar-refractivity contribution in [2.24, 2.45) is 5.10 Å². The summed E-state index contributed by atoms with van der Waals surface area (Å²) in [7, 11) is 0. The van der Waals surface area contributed by atoms with Gasteiger partial charge >= 0.3 is 0 Å². The smallest absolute Gasteiger partial charge is 0.282 e. The minimum Gasteiger partial charge on any atom is -0.487 e. The van der Waals surface area contributed by atoms with Gasteiger partial charge in [-0.1, -0.05) is 80.9 Å². The summed E-state index contributed by atoms with van der Waals surface area (Å²) in [5.74, 6) is 1.49. The standard InChI is InChI=1S/C28H23Br3ClN3O2/c29-20-11-10-18(23(30)13-20)16-37-26-19(12-21(32)14-24(26)31)15-33-35-27(17-6-2-1-3-7-17)34-25-9-5-4-8-22(25)28(35)36/h4-5,8-15,17H,1-3,6-7,16H2. The number of ether oxygens (including phenoxy) is 1. The molecule has 0 atom stereocenters. The van der Waals surface area contributed by atoms with Gasteiger partial charge in [-0.15, -0.1) is 0 Å². The summed E-state index contributed by atoms with van der Waals surface area (Å²) in [6.45, 7) is 0.333. The molecule has 4 aromatic rings.